The number of aromatic nitrogens is 7. The molecule has 1 unspecified atom stereocenters. The lowest BCUT2D eigenvalue weighted by atomic mass is 10.1. The molecule has 4 heterocycles. The largest absolute Gasteiger partial charge is 0.695 e. The Hall–Kier alpha value is -3.59. The molecule has 372 valence electrons. The third-order valence-electron chi connectivity index (χ3n) is 11.7. The van der Waals surface area contributed by atoms with Crippen LogP contribution in [0.4, 0.5) is 16.3 Å². The van der Waals surface area contributed by atoms with E-state index in [0.717, 1.165) is 0 Å². The number of anilines is 2. The first-order chi connectivity index (χ1) is 31.5. The number of H-pyrrole nitrogens is 1. The number of nitrogens with zero attached hydrogens (tertiary/aromatic N) is 7. The van der Waals surface area contributed by atoms with Gasteiger partial charge in [-0.2, -0.15) is 10.2 Å². The molecule has 1 aliphatic carbocycles. The number of hydrogen-bond acceptors (Lipinski definition) is 20. The molecule has 6 N–H and O–H groups in total. The van der Waals surface area contributed by atoms with Gasteiger partial charge in [0.1, 0.15) is 31.0 Å². The third-order valence-corrected chi connectivity index (χ3v) is 23.4. The summed E-state index contributed by atoms with van der Waals surface area (Å²) in [4.78, 5) is 70.9. The number of aromatic amines is 1. The second-order valence-corrected chi connectivity index (χ2v) is 28.8. The number of alkyl halides is 1. The molecule has 1 saturated heterocycles. The maximum absolute atomic E-state index is 16.0. The van der Waals surface area contributed by atoms with Gasteiger partial charge in [-0.05, 0) is 28.6 Å². The van der Waals surface area contributed by atoms with Crippen molar-refractivity contribution in [3.8, 4) is 6.07 Å². The molecule has 67 heavy (non-hydrogen) atoms. The van der Waals surface area contributed by atoms with E-state index in [0.29, 0.717) is 0 Å². The van der Waals surface area contributed by atoms with Gasteiger partial charge in [-0.15, -0.1) is 9.42 Å². The minimum atomic E-state index is -5.03. The summed E-state index contributed by atoms with van der Waals surface area (Å²) < 4.78 is 88.3. The predicted octanol–water partition coefficient (Wildman–Crippen LogP) is 5.02. The molecule has 3 aromatic heterocycles. The molecule has 0 spiro atoms. The first-order valence-electron chi connectivity index (χ1n) is 21.9. The zero-order valence-electron chi connectivity index (χ0n) is 39.0. The van der Waals surface area contributed by atoms with Crippen LogP contribution in [0.3, 0.4) is 0 Å². The number of amides is 1. The van der Waals surface area contributed by atoms with E-state index in [1.807, 2.05) is 61.5 Å². The van der Waals surface area contributed by atoms with E-state index in [4.69, 9.17) is 31.4 Å². The summed E-state index contributed by atoms with van der Waals surface area (Å²) in [5, 5.41) is 25.9. The molecule has 1 saturated carbocycles. The highest BCUT2D eigenvalue weighted by Gasteiger charge is 2.60. The average molecular weight is 1020 g/mol. The number of aliphatic hydroxyl groups is 1. The van der Waals surface area contributed by atoms with Gasteiger partial charge in [0.05, 0.1) is 44.7 Å². The Kier molecular flexibility index (Phi) is 18.6. The van der Waals surface area contributed by atoms with Crippen molar-refractivity contribution in [2.24, 2.45) is 11.8 Å². The Bertz CT molecular complexity index is 2300. The van der Waals surface area contributed by atoms with Crippen molar-refractivity contribution in [3.63, 3.8) is 0 Å². The second-order valence-electron chi connectivity index (χ2n) is 17.9. The number of carbonyl (C=O) groups is 1. The Morgan fingerprint density at radius 3 is 2.28 bits per heavy atom. The quantitative estimate of drug-likeness (QED) is 0.0390. The Morgan fingerprint density at radius 2 is 1.72 bits per heavy atom. The summed E-state index contributed by atoms with van der Waals surface area (Å²) in [6.45, 7) is 16.4. The molecule has 1 aliphatic heterocycles. The van der Waals surface area contributed by atoms with E-state index in [2.05, 4.69) is 40.5 Å². The standard InChI is InChI=1S/C38H61FN10O14P2Si2/c1-20(2)34(51)47-38-46-33-29(35(52)48-38)44-19-49(33)36-32(31(27(15-50)59-36)62-67(23(7)8,24(9)10)63-66(56,21(3)4)22(5)6)61-65(55,57-13-11-12-40)58-16-25-14-26(28(39)30(25)60-64(53)54)45-37-42-17-41-18-43-37/h17-28,30-32,36,50,56H,11,13-16H2,1-10H3,(H3-,41,42,43,45,46,47,48,51,52,53,54)/p+1/t25-,26-,27-,28+,30-,31-,32-,36-,65+/m1/s1. The highest BCUT2D eigenvalue weighted by atomic mass is 31.2. The summed E-state index contributed by atoms with van der Waals surface area (Å²) in [7, 11) is -15.7. The highest BCUT2D eigenvalue weighted by molar-refractivity contribution is 7.48. The Balaban J connectivity index is 1.64. The number of fused-ring (bicyclic) bond motifs is 1. The van der Waals surface area contributed by atoms with Crippen LogP contribution in [0.25, 0.3) is 11.2 Å². The molecule has 0 bridgehead atoms. The first-order valence-corrected chi connectivity index (χ1v) is 28.5. The molecule has 0 aromatic carbocycles. The molecule has 24 nitrogen and oxygen atoms in total. The fourth-order valence-corrected chi connectivity index (χ4v) is 19.9. The fraction of sp³-hybridized carbons (Fsp3) is 0.737. The molecular weight excluding hydrogens is 958 g/mol. The van der Waals surface area contributed by atoms with E-state index in [9.17, 15) is 34.2 Å². The van der Waals surface area contributed by atoms with E-state index in [-0.39, 0.29) is 58.1 Å². The van der Waals surface area contributed by atoms with Crippen molar-refractivity contribution >= 4 is 62.2 Å². The second kappa shape index (κ2) is 22.9. The number of nitrogens with one attached hydrogen (secondary N) is 3. The molecule has 2 aliphatic rings. The van der Waals surface area contributed by atoms with Crippen LogP contribution in [0.15, 0.2) is 23.8 Å². The van der Waals surface area contributed by atoms with Crippen molar-refractivity contribution in [3.05, 3.63) is 29.3 Å². The number of carbonyl (C=O) groups excluding carboxylic acids is 1. The summed E-state index contributed by atoms with van der Waals surface area (Å²) in [5.41, 5.74) is -2.41. The topological polar surface area (TPSA) is 327 Å². The van der Waals surface area contributed by atoms with Crippen LogP contribution in [0.1, 0.15) is 88.3 Å². The van der Waals surface area contributed by atoms with E-state index in [1.54, 1.807) is 13.8 Å². The molecule has 3 aromatic rings. The number of hydrogen-bond donors (Lipinski definition) is 6. The summed E-state index contributed by atoms with van der Waals surface area (Å²) in [5.74, 6) is -2.26. The lowest BCUT2D eigenvalue weighted by molar-refractivity contribution is -0.118. The summed E-state index contributed by atoms with van der Waals surface area (Å²) in [6.07, 6.45) is -6.27. The van der Waals surface area contributed by atoms with Crippen LogP contribution < -0.4 is 16.2 Å². The van der Waals surface area contributed by atoms with Gasteiger partial charge >= 0.3 is 33.2 Å². The van der Waals surface area contributed by atoms with Gasteiger partial charge in [0.15, 0.2) is 29.7 Å². The van der Waals surface area contributed by atoms with Gasteiger partial charge in [0.25, 0.3) is 5.56 Å². The molecule has 2 fully saturated rings. The van der Waals surface area contributed by atoms with Crippen molar-refractivity contribution in [1.82, 2.24) is 34.5 Å². The summed E-state index contributed by atoms with van der Waals surface area (Å²) >= 11 is 0. The van der Waals surface area contributed by atoms with Gasteiger partial charge in [-0.25, -0.2) is 28.9 Å². The van der Waals surface area contributed by atoms with Crippen molar-refractivity contribution in [2.45, 2.75) is 147 Å². The minimum absolute atomic E-state index is 0.00850. The zero-order valence-corrected chi connectivity index (χ0v) is 42.8. The van der Waals surface area contributed by atoms with Crippen LogP contribution in [0, 0.1) is 23.2 Å². The Labute approximate surface area is 390 Å². The molecule has 5 rings (SSSR count). The van der Waals surface area contributed by atoms with Gasteiger partial charge in [-0.1, -0.05) is 69.2 Å². The number of nitriles is 1. The monoisotopic (exact) mass is 1020 g/mol. The lowest BCUT2D eigenvalue weighted by Crippen LogP contribution is -2.62. The summed E-state index contributed by atoms with van der Waals surface area (Å²) in [6, 6.07) is 0.802. The first kappa shape index (κ1) is 54.4. The molecule has 1 amide bonds. The number of phosphoric ester groups is 1. The smallest absolute Gasteiger partial charge is 0.414 e. The van der Waals surface area contributed by atoms with Gasteiger partial charge < -0.3 is 28.5 Å². The normalized spacial score (nSPS) is 24.8. The van der Waals surface area contributed by atoms with Crippen LogP contribution in [-0.2, 0) is 45.3 Å². The number of phosphoric acid groups is 1. The lowest BCUT2D eigenvalue weighted by Gasteiger charge is -2.47. The van der Waals surface area contributed by atoms with Crippen LogP contribution in [0.5, 0.6) is 0 Å². The van der Waals surface area contributed by atoms with Gasteiger partial charge in [-0.3, -0.25) is 38.0 Å². The van der Waals surface area contributed by atoms with Crippen molar-refractivity contribution in [2.75, 3.05) is 30.5 Å². The van der Waals surface area contributed by atoms with Gasteiger partial charge in [0.2, 0.25) is 17.8 Å². The predicted molar refractivity (Wildman–Crippen MR) is 242 cm³/mol. The maximum atomic E-state index is 16.0. The van der Waals surface area contributed by atoms with Crippen LogP contribution in [0.2, 0.25) is 22.2 Å². The minimum Gasteiger partial charge on any atom is -0.414 e. The number of ether oxygens (including phenoxy) is 1. The highest BCUT2D eigenvalue weighted by Crippen LogP contribution is 2.56. The number of rotatable bonds is 24. The Morgan fingerprint density at radius 1 is 1.06 bits per heavy atom. The van der Waals surface area contributed by atoms with Crippen molar-refractivity contribution in [1.29, 1.82) is 5.26 Å². The molecular formula is C38H62FN10O14P2Si2+. The van der Waals surface area contributed by atoms with Crippen LogP contribution in [-0.4, -0.2) is 129 Å². The average Bonchev–Trinajstić information content (AvgIpc) is 3.92. The molecule has 10 atom stereocenters. The third kappa shape index (κ3) is 12.4. The van der Waals surface area contributed by atoms with Gasteiger partial charge in [0, 0.05) is 16.4 Å². The van der Waals surface area contributed by atoms with E-state index < -0.39 is 119 Å². The SMILES string of the molecule is CC(C)C(=O)Nc1nc2c(ncn2[C@@H]2O[C@H](CO)[C@@H](O[Si](O[Si](O)(C(C)C)C(C)C)(C(C)C)C(C)C)[C@H]2O[P@@](=O)(OCCC#N)OC[C@H]2C[C@@H](Nc3ncncn3)[C@H](F)[C@@H]2O[P+](=O)O)c(=O)[nH]1. The van der Waals surface area contributed by atoms with Crippen LogP contribution >= 0.6 is 16.1 Å². The molecule has 0 radical (unpaired) electrons. The fourth-order valence-electron chi connectivity index (χ4n) is 8.08. The molecule has 29 heteroatoms. The number of imidazole rings is 1. The zero-order chi connectivity index (χ0) is 49.6. The number of aliphatic hydroxyl groups excluding tert-OH is 1. The van der Waals surface area contributed by atoms with E-state index >= 15 is 8.96 Å². The maximum Gasteiger partial charge on any atom is 0.695 e. The van der Waals surface area contributed by atoms with E-state index in [1.165, 1.54) is 23.5 Å². The van der Waals surface area contributed by atoms with Crippen molar-refractivity contribution < 1.29 is 64.5 Å². The number of halogens is 1.